The van der Waals surface area contributed by atoms with Gasteiger partial charge in [0, 0.05) is 42.0 Å². The third kappa shape index (κ3) is 8.43. The summed E-state index contributed by atoms with van der Waals surface area (Å²) in [5, 5.41) is 20.9. The molecule has 3 N–H and O–H groups in total. The van der Waals surface area contributed by atoms with E-state index in [-0.39, 0.29) is 37.6 Å². The fraction of sp³-hybridized carbons (Fsp3) is 0.333. The molecule has 200 valence electrons. The molecule has 0 aliphatic carbocycles. The number of aliphatic carboxylic acids is 1. The molecule has 1 aliphatic heterocycles. The predicted molar refractivity (Wildman–Crippen MR) is 145 cm³/mol. The number of carbonyl (C=O) groups excluding carboxylic acids is 1. The van der Waals surface area contributed by atoms with Crippen LogP contribution in [0.4, 0.5) is 0 Å². The minimum atomic E-state index is -0.897. The van der Waals surface area contributed by atoms with Crippen LogP contribution in [0.1, 0.15) is 60.3 Å². The van der Waals surface area contributed by atoms with E-state index in [2.05, 4.69) is 17.4 Å². The van der Waals surface area contributed by atoms with Crippen LogP contribution in [0, 0.1) is 0 Å². The van der Waals surface area contributed by atoms with E-state index in [1.54, 1.807) is 11.8 Å². The smallest absolute Gasteiger partial charge is 0.303 e. The third-order valence-electron chi connectivity index (χ3n) is 6.33. The number of nitrogens with one attached hydrogen (secondary N) is 1. The molecule has 0 radical (unpaired) electrons. The van der Waals surface area contributed by atoms with Gasteiger partial charge in [0.1, 0.15) is 0 Å². The van der Waals surface area contributed by atoms with Crippen LogP contribution in [0.5, 0.6) is 0 Å². The summed E-state index contributed by atoms with van der Waals surface area (Å²) in [4.78, 5) is 23.8. The van der Waals surface area contributed by atoms with Gasteiger partial charge in [0.05, 0.1) is 18.8 Å². The maximum Gasteiger partial charge on any atom is 0.303 e. The maximum atomic E-state index is 12.0. The summed E-state index contributed by atoms with van der Waals surface area (Å²) >= 11 is 1.76. The van der Waals surface area contributed by atoms with E-state index in [1.165, 1.54) is 4.90 Å². The lowest BCUT2D eigenvalue weighted by Gasteiger charge is -2.36. The number of thioether (sulfide) groups is 1. The Morgan fingerprint density at radius 3 is 2.24 bits per heavy atom. The first-order valence-electron chi connectivity index (χ1n) is 12.8. The number of benzene rings is 3. The largest absolute Gasteiger partial charge is 0.481 e. The summed E-state index contributed by atoms with van der Waals surface area (Å²) in [6, 6.07) is 25.9. The molecule has 3 aromatic carbocycles. The second-order valence-electron chi connectivity index (χ2n) is 9.24. The summed E-state index contributed by atoms with van der Waals surface area (Å²) in [6.07, 6.45) is 0.523. The third-order valence-corrected chi connectivity index (χ3v) is 7.47. The fourth-order valence-electron chi connectivity index (χ4n) is 4.21. The number of rotatable bonds is 12. The molecule has 3 aromatic rings. The Morgan fingerprint density at radius 1 is 0.868 bits per heavy atom. The molecule has 0 aromatic heterocycles. The van der Waals surface area contributed by atoms with Gasteiger partial charge in [-0.25, -0.2) is 0 Å². The Kier molecular flexibility index (Phi) is 10.3. The van der Waals surface area contributed by atoms with E-state index in [4.69, 9.17) is 14.6 Å². The van der Waals surface area contributed by atoms with Crippen molar-refractivity contribution in [3.05, 3.63) is 101 Å². The monoisotopic (exact) mass is 535 g/mol. The van der Waals surface area contributed by atoms with Crippen LogP contribution < -0.4 is 5.32 Å². The van der Waals surface area contributed by atoms with E-state index in [9.17, 15) is 14.7 Å². The highest BCUT2D eigenvalue weighted by Gasteiger charge is 2.32. The zero-order chi connectivity index (χ0) is 26.7. The van der Waals surface area contributed by atoms with Gasteiger partial charge in [0.15, 0.2) is 6.29 Å². The van der Waals surface area contributed by atoms with Gasteiger partial charge in [-0.1, -0.05) is 66.7 Å². The molecule has 0 saturated carbocycles. The lowest BCUT2D eigenvalue weighted by Crippen LogP contribution is -2.31. The van der Waals surface area contributed by atoms with Crippen LogP contribution >= 0.6 is 11.8 Å². The molecule has 0 bridgehead atoms. The number of hydrogen-bond acceptors (Lipinski definition) is 6. The van der Waals surface area contributed by atoms with Gasteiger partial charge in [-0.15, -0.1) is 11.8 Å². The molecule has 38 heavy (non-hydrogen) atoms. The number of hydrogen-bond donors (Lipinski definition) is 3. The van der Waals surface area contributed by atoms with Gasteiger partial charge in [0.2, 0.25) is 5.91 Å². The van der Waals surface area contributed by atoms with Crippen LogP contribution in [0.3, 0.4) is 0 Å². The standard InChI is InChI=1S/C30H33NO6S/c32-19-22-11-13-23(14-12-22)27-17-25(20-38-26-5-2-1-3-6-26)36-30(37-27)24-15-9-21(10-16-24)18-31-28(33)7-4-8-29(34)35/h1-3,5-6,9-16,25,27,30,32H,4,7-8,17-20H2,(H,31,33)(H,34,35)/t25-,27+,30+/m1/s1. The first-order valence-corrected chi connectivity index (χ1v) is 13.7. The maximum absolute atomic E-state index is 12.0. The lowest BCUT2D eigenvalue weighted by atomic mass is 10.0. The average Bonchev–Trinajstić information content (AvgIpc) is 2.95. The minimum Gasteiger partial charge on any atom is -0.481 e. The van der Waals surface area contributed by atoms with Crippen molar-refractivity contribution >= 4 is 23.6 Å². The molecule has 7 nitrogen and oxygen atoms in total. The first-order chi connectivity index (χ1) is 18.5. The molecule has 1 amide bonds. The van der Waals surface area contributed by atoms with Crippen LogP contribution in [0.25, 0.3) is 0 Å². The van der Waals surface area contributed by atoms with Gasteiger partial charge in [-0.2, -0.15) is 0 Å². The highest BCUT2D eigenvalue weighted by atomic mass is 32.2. The van der Waals surface area contributed by atoms with Crippen molar-refractivity contribution in [3.8, 4) is 0 Å². The Labute approximate surface area is 227 Å². The molecular weight excluding hydrogens is 502 g/mol. The fourth-order valence-corrected chi connectivity index (χ4v) is 5.15. The number of ether oxygens (including phenoxy) is 2. The van der Waals surface area contributed by atoms with E-state index < -0.39 is 12.3 Å². The molecule has 1 aliphatic rings. The van der Waals surface area contributed by atoms with Crippen molar-refractivity contribution in [3.63, 3.8) is 0 Å². The van der Waals surface area contributed by atoms with Gasteiger partial charge in [-0.3, -0.25) is 9.59 Å². The molecule has 1 heterocycles. The molecular formula is C30H33NO6S. The van der Waals surface area contributed by atoms with Crippen molar-refractivity contribution in [2.75, 3.05) is 5.75 Å². The van der Waals surface area contributed by atoms with Crippen LogP contribution in [-0.2, 0) is 32.2 Å². The summed E-state index contributed by atoms with van der Waals surface area (Å²) in [5.41, 5.74) is 3.74. The Hall–Kier alpha value is -3.17. The number of carbonyl (C=O) groups is 2. The number of carboxylic acid groups (broad SMARTS) is 1. The molecule has 1 fully saturated rings. The minimum absolute atomic E-state index is 0.00299. The topological polar surface area (TPSA) is 105 Å². The summed E-state index contributed by atoms with van der Waals surface area (Å²) in [7, 11) is 0. The van der Waals surface area contributed by atoms with Crippen LogP contribution in [0.2, 0.25) is 0 Å². The van der Waals surface area contributed by atoms with Crippen molar-refractivity contribution < 1.29 is 29.3 Å². The van der Waals surface area contributed by atoms with Crippen molar-refractivity contribution in [1.82, 2.24) is 5.32 Å². The first kappa shape index (κ1) is 27.9. The second kappa shape index (κ2) is 14.1. The quantitative estimate of drug-likeness (QED) is 0.267. The Bertz CT molecular complexity index is 1170. The van der Waals surface area contributed by atoms with Crippen molar-refractivity contribution in [2.24, 2.45) is 0 Å². The number of carboxylic acids is 1. The van der Waals surface area contributed by atoms with Gasteiger partial charge in [0.25, 0.3) is 0 Å². The Balaban J connectivity index is 1.40. The van der Waals surface area contributed by atoms with Gasteiger partial charge >= 0.3 is 5.97 Å². The van der Waals surface area contributed by atoms with Crippen LogP contribution in [-0.4, -0.2) is 33.9 Å². The van der Waals surface area contributed by atoms with Gasteiger partial charge in [-0.05, 0) is 35.2 Å². The SMILES string of the molecule is O=C(O)CCCC(=O)NCc1ccc([C@H]2O[C@@H](CSc3ccccc3)C[C@@H](c3ccc(CO)cc3)O2)cc1. The zero-order valence-electron chi connectivity index (χ0n) is 21.1. The normalized spacial score (nSPS) is 19.1. The molecule has 0 spiro atoms. The van der Waals surface area contributed by atoms with Crippen molar-refractivity contribution in [1.29, 1.82) is 0 Å². The average molecular weight is 536 g/mol. The van der Waals surface area contributed by atoms with Crippen molar-refractivity contribution in [2.45, 2.75) is 62.2 Å². The highest BCUT2D eigenvalue weighted by Crippen LogP contribution is 2.39. The molecule has 3 atom stereocenters. The summed E-state index contributed by atoms with van der Waals surface area (Å²) in [6.45, 7) is 0.373. The van der Waals surface area contributed by atoms with E-state index >= 15 is 0 Å². The number of aliphatic hydroxyl groups is 1. The van der Waals surface area contributed by atoms with Gasteiger partial charge < -0.3 is 25.0 Å². The molecule has 0 unspecified atom stereocenters. The summed E-state index contributed by atoms with van der Waals surface area (Å²) < 4.78 is 12.8. The number of aliphatic hydroxyl groups excluding tert-OH is 1. The van der Waals surface area contributed by atoms with Crippen LogP contribution in [0.15, 0.2) is 83.8 Å². The second-order valence-corrected chi connectivity index (χ2v) is 10.3. The highest BCUT2D eigenvalue weighted by molar-refractivity contribution is 7.99. The molecule has 8 heteroatoms. The summed E-state index contributed by atoms with van der Waals surface area (Å²) in [5.74, 6) is -0.268. The Morgan fingerprint density at radius 2 is 1.55 bits per heavy atom. The number of amides is 1. The van der Waals surface area contributed by atoms with E-state index in [1.807, 2.05) is 66.7 Å². The molecule has 1 saturated heterocycles. The van der Waals surface area contributed by atoms with E-state index in [0.717, 1.165) is 34.4 Å². The predicted octanol–water partition coefficient (Wildman–Crippen LogP) is 5.39. The molecule has 4 rings (SSSR count). The zero-order valence-corrected chi connectivity index (χ0v) is 21.9. The lowest BCUT2D eigenvalue weighted by molar-refractivity contribution is -0.245. The van der Waals surface area contributed by atoms with E-state index in [0.29, 0.717) is 13.0 Å².